The zero-order valence-corrected chi connectivity index (χ0v) is 11.6. The average molecular weight is 257 g/mol. The molecule has 0 amide bonds. The van der Waals surface area contributed by atoms with Gasteiger partial charge >= 0.3 is 0 Å². The summed E-state index contributed by atoms with van der Waals surface area (Å²) in [6.45, 7) is 4.66. The maximum atomic E-state index is 4.69. The summed E-state index contributed by atoms with van der Waals surface area (Å²) in [4.78, 5) is 11.2. The predicted octanol–water partition coefficient (Wildman–Crippen LogP) is 1.27. The normalized spacial score (nSPS) is 15.1. The molecular weight excluding hydrogens is 238 g/mol. The largest absolute Gasteiger partial charge is 0.349 e. The van der Waals surface area contributed by atoms with E-state index in [2.05, 4.69) is 64.0 Å². The van der Waals surface area contributed by atoms with E-state index in [1.54, 1.807) is 0 Å². The Morgan fingerprint density at radius 2 is 2.16 bits per heavy atom. The van der Waals surface area contributed by atoms with Crippen molar-refractivity contribution in [3.63, 3.8) is 0 Å². The minimum absolute atomic E-state index is 0.702. The SMILES string of the molecule is Cc1ccc2c(c1)nc(CNC1=NCCN1C)n2C. The van der Waals surface area contributed by atoms with E-state index in [0.717, 1.165) is 30.4 Å². The highest BCUT2D eigenvalue weighted by Crippen LogP contribution is 2.16. The van der Waals surface area contributed by atoms with Crippen molar-refractivity contribution in [2.45, 2.75) is 13.5 Å². The molecule has 0 aliphatic carbocycles. The summed E-state index contributed by atoms with van der Waals surface area (Å²) in [5, 5.41) is 3.36. The highest BCUT2D eigenvalue weighted by atomic mass is 15.3. The smallest absolute Gasteiger partial charge is 0.194 e. The van der Waals surface area contributed by atoms with Gasteiger partial charge in [0, 0.05) is 20.6 Å². The number of rotatable bonds is 2. The van der Waals surface area contributed by atoms with Gasteiger partial charge in [0.15, 0.2) is 5.96 Å². The fourth-order valence-electron chi connectivity index (χ4n) is 2.40. The van der Waals surface area contributed by atoms with Crippen molar-refractivity contribution < 1.29 is 0 Å². The molecule has 2 aromatic rings. The van der Waals surface area contributed by atoms with E-state index in [0.29, 0.717) is 6.54 Å². The van der Waals surface area contributed by atoms with Crippen molar-refractivity contribution in [2.75, 3.05) is 20.1 Å². The summed E-state index contributed by atoms with van der Waals surface area (Å²) >= 11 is 0. The molecule has 0 spiro atoms. The predicted molar refractivity (Wildman–Crippen MR) is 77.2 cm³/mol. The Labute approximate surface area is 113 Å². The first kappa shape index (κ1) is 12.0. The maximum Gasteiger partial charge on any atom is 0.194 e. The number of nitrogens with one attached hydrogen (secondary N) is 1. The van der Waals surface area contributed by atoms with Gasteiger partial charge in [-0.05, 0) is 24.6 Å². The third-order valence-corrected chi connectivity index (χ3v) is 3.59. The number of hydrogen-bond donors (Lipinski definition) is 1. The fraction of sp³-hybridized carbons (Fsp3) is 0.429. The first-order valence-electron chi connectivity index (χ1n) is 6.56. The first-order chi connectivity index (χ1) is 9.15. The fourth-order valence-corrected chi connectivity index (χ4v) is 2.40. The molecule has 0 radical (unpaired) electrons. The second-order valence-electron chi connectivity index (χ2n) is 5.06. The van der Waals surface area contributed by atoms with Gasteiger partial charge in [0.25, 0.3) is 0 Å². The Morgan fingerprint density at radius 1 is 1.32 bits per heavy atom. The Bertz CT molecular complexity index is 641. The van der Waals surface area contributed by atoms with Crippen LogP contribution in [0.3, 0.4) is 0 Å². The van der Waals surface area contributed by atoms with E-state index in [-0.39, 0.29) is 0 Å². The second-order valence-corrected chi connectivity index (χ2v) is 5.06. The van der Waals surface area contributed by atoms with Crippen molar-refractivity contribution in [3.8, 4) is 0 Å². The first-order valence-corrected chi connectivity index (χ1v) is 6.56. The molecule has 5 heteroatoms. The molecule has 5 nitrogen and oxygen atoms in total. The number of fused-ring (bicyclic) bond motifs is 1. The summed E-state index contributed by atoms with van der Waals surface area (Å²) in [7, 11) is 4.11. The number of hydrogen-bond acceptors (Lipinski definition) is 4. The van der Waals surface area contributed by atoms with Crippen LogP contribution in [-0.4, -0.2) is 40.5 Å². The van der Waals surface area contributed by atoms with Gasteiger partial charge < -0.3 is 14.8 Å². The second kappa shape index (κ2) is 4.57. The van der Waals surface area contributed by atoms with Crippen LogP contribution in [0.25, 0.3) is 11.0 Å². The van der Waals surface area contributed by atoms with Gasteiger partial charge in [0.05, 0.1) is 24.1 Å². The molecule has 0 bridgehead atoms. The average Bonchev–Trinajstić information content (AvgIpc) is 2.91. The molecule has 0 unspecified atom stereocenters. The number of aromatic nitrogens is 2. The molecule has 1 aliphatic rings. The molecular formula is C14H19N5. The molecule has 1 aromatic carbocycles. The number of nitrogens with zero attached hydrogens (tertiary/aromatic N) is 4. The minimum Gasteiger partial charge on any atom is -0.349 e. The van der Waals surface area contributed by atoms with E-state index in [1.807, 2.05) is 0 Å². The topological polar surface area (TPSA) is 45.5 Å². The molecule has 100 valence electrons. The van der Waals surface area contributed by atoms with Crippen molar-refractivity contribution in [1.29, 1.82) is 0 Å². The van der Waals surface area contributed by atoms with Crippen molar-refractivity contribution in [1.82, 2.24) is 19.8 Å². The quantitative estimate of drug-likeness (QED) is 0.881. The zero-order chi connectivity index (χ0) is 13.4. The number of aryl methyl sites for hydroxylation is 2. The molecule has 1 N–H and O–H groups in total. The highest BCUT2D eigenvalue weighted by Gasteiger charge is 2.13. The number of benzene rings is 1. The van der Waals surface area contributed by atoms with Crippen LogP contribution in [-0.2, 0) is 13.6 Å². The lowest BCUT2D eigenvalue weighted by Gasteiger charge is -2.14. The van der Waals surface area contributed by atoms with Gasteiger partial charge in [-0.15, -0.1) is 0 Å². The molecule has 0 fully saturated rings. The highest BCUT2D eigenvalue weighted by molar-refractivity contribution is 5.81. The zero-order valence-electron chi connectivity index (χ0n) is 11.6. The monoisotopic (exact) mass is 257 g/mol. The molecule has 3 rings (SSSR count). The number of guanidine groups is 1. The minimum atomic E-state index is 0.702. The van der Waals surface area contributed by atoms with E-state index in [9.17, 15) is 0 Å². The van der Waals surface area contributed by atoms with E-state index in [4.69, 9.17) is 0 Å². The van der Waals surface area contributed by atoms with Gasteiger partial charge in [-0.1, -0.05) is 6.07 Å². The van der Waals surface area contributed by atoms with Gasteiger partial charge in [0.2, 0.25) is 0 Å². The maximum absolute atomic E-state index is 4.69. The van der Waals surface area contributed by atoms with Crippen LogP contribution in [0, 0.1) is 6.92 Å². The summed E-state index contributed by atoms with van der Waals surface area (Å²) in [5.74, 6) is 1.99. The number of imidazole rings is 1. The van der Waals surface area contributed by atoms with Gasteiger partial charge in [-0.25, -0.2) is 4.98 Å². The van der Waals surface area contributed by atoms with Gasteiger partial charge in [-0.3, -0.25) is 4.99 Å². The summed E-state index contributed by atoms with van der Waals surface area (Å²) in [6.07, 6.45) is 0. The lowest BCUT2D eigenvalue weighted by Crippen LogP contribution is -2.35. The lowest BCUT2D eigenvalue weighted by molar-refractivity contribution is 0.531. The van der Waals surface area contributed by atoms with Gasteiger partial charge in [-0.2, -0.15) is 0 Å². The van der Waals surface area contributed by atoms with Crippen LogP contribution in [0.1, 0.15) is 11.4 Å². The van der Waals surface area contributed by atoms with Crippen LogP contribution in [0.2, 0.25) is 0 Å². The Kier molecular flexibility index (Phi) is 2.89. The Balaban J connectivity index is 1.83. The number of likely N-dealkylation sites (N-methyl/N-ethyl adjacent to an activating group) is 1. The van der Waals surface area contributed by atoms with Crippen LogP contribution >= 0.6 is 0 Å². The molecule has 0 saturated carbocycles. The standard InChI is InChI=1S/C14H19N5/c1-10-4-5-12-11(8-10)17-13(19(12)3)9-16-14-15-6-7-18(14)2/h4-5,8H,6-7,9H2,1-3H3,(H,15,16). The summed E-state index contributed by atoms with van der Waals surface area (Å²) in [6, 6.07) is 6.37. The van der Waals surface area contributed by atoms with E-state index < -0.39 is 0 Å². The van der Waals surface area contributed by atoms with Crippen LogP contribution in [0.4, 0.5) is 0 Å². The van der Waals surface area contributed by atoms with Crippen molar-refractivity contribution >= 4 is 17.0 Å². The molecule has 0 atom stereocenters. The van der Waals surface area contributed by atoms with E-state index in [1.165, 1.54) is 11.1 Å². The Hall–Kier alpha value is -2.04. The van der Waals surface area contributed by atoms with Crippen LogP contribution in [0.15, 0.2) is 23.2 Å². The Morgan fingerprint density at radius 3 is 2.89 bits per heavy atom. The molecule has 2 heterocycles. The third-order valence-electron chi connectivity index (χ3n) is 3.59. The molecule has 1 aromatic heterocycles. The molecule has 19 heavy (non-hydrogen) atoms. The molecule has 1 aliphatic heterocycles. The van der Waals surface area contributed by atoms with Crippen molar-refractivity contribution in [2.24, 2.45) is 12.0 Å². The van der Waals surface area contributed by atoms with Crippen LogP contribution < -0.4 is 5.32 Å². The molecule has 0 saturated heterocycles. The van der Waals surface area contributed by atoms with Gasteiger partial charge in [0.1, 0.15) is 5.82 Å². The van der Waals surface area contributed by atoms with E-state index >= 15 is 0 Å². The van der Waals surface area contributed by atoms with Crippen molar-refractivity contribution in [3.05, 3.63) is 29.6 Å². The van der Waals surface area contributed by atoms with Crippen LogP contribution in [0.5, 0.6) is 0 Å². The lowest BCUT2D eigenvalue weighted by atomic mass is 10.2. The summed E-state index contributed by atoms with van der Waals surface area (Å²) in [5.41, 5.74) is 3.47. The number of aliphatic imine (C=N–C) groups is 1. The third kappa shape index (κ3) is 2.16. The summed E-state index contributed by atoms with van der Waals surface area (Å²) < 4.78 is 2.14.